The Balaban J connectivity index is 4.36. The molecule has 0 amide bonds. The molecule has 0 bridgehead atoms. The van der Waals surface area contributed by atoms with Crippen molar-refractivity contribution in [1.29, 1.82) is 0 Å². The average Bonchev–Trinajstić information content (AvgIpc) is 2.26. The molecule has 3 nitrogen and oxygen atoms in total. The van der Waals surface area contributed by atoms with E-state index in [1.165, 1.54) is 0 Å². The molecule has 0 fully saturated rings. The Hall–Kier alpha value is -0.350. The maximum Gasteiger partial charge on any atom is 0.152 e. The van der Waals surface area contributed by atoms with Crippen LogP contribution in [0.1, 0.15) is 41.0 Å². The lowest BCUT2D eigenvalue weighted by Crippen LogP contribution is -2.34. The van der Waals surface area contributed by atoms with Gasteiger partial charge in [0, 0.05) is 6.54 Å². The SMILES string of the molecule is C=CC(C)(CCS(=O)(=O)C(C)C)CNCC(C)C. The fraction of sp³-hybridized carbons (Fsp3) is 0.857. The van der Waals surface area contributed by atoms with Crippen molar-refractivity contribution >= 4 is 9.84 Å². The molecule has 0 aliphatic carbocycles. The molecule has 0 aliphatic rings. The van der Waals surface area contributed by atoms with Crippen molar-refractivity contribution in [3.05, 3.63) is 12.7 Å². The molecule has 0 heterocycles. The highest BCUT2D eigenvalue weighted by atomic mass is 32.2. The van der Waals surface area contributed by atoms with Gasteiger partial charge in [0.05, 0.1) is 11.0 Å². The molecular weight excluding hydrogens is 246 g/mol. The van der Waals surface area contributed by atoms with E-state index in [-0.39, 0.29) is 16.4 Å². The van der Waals surface area contributed by atoms with Crippen molar-refractivity contribution in [2.75, 3.05) is 18.8 Å². The predicted octanol–water partition coefficient (Wildman–Crippen LogP) is 2.64. The van der Waals surface area contributed by atoms with Gasteiger partial charge in [-0.05, 0) is 38.1 Å². The maximum absolute atomic E-state index is 11.8. The van der Waals surface area contributed by atoms with Crippen LogP contribution in [0, 0.1) is 11.3 Å². The minimum atomic E-state index is -2.96. The van der Waals surface area contributed by atoms with Gasteiger partial charge in [-0.3, -0.25) is 0 Å². The standard InChI is InChI=1S/C14H29NO2S/c1-7-14(6,11-15-10-12(2)3)8-9-18(16,17)13(4)5/h7,12-13,15H,1,8-11H2,2-6H3. The van der Waals surface area contributed by atoms with Crippen molar-refractivity contribution in [3.8, 4) is 0 Å². The van der Waals surface area contributed by atoms with Crippen LogP contribution in [0.25, 0.3) is 0 Å². The van der Waals surface area contributed by atoms with Crippen LogP contribution in [0.2, 0.25) is 0 Å². The molecule has 0 radical (unpaired) electrons. The van der Waals surface area contributed by atoms with Crippen LogP contribution >= 0.6 is 0 Å². The molecule has 0 spiro atoms. The second-order valence-electron chi connectivity index (χ2n) is 6.05. The fourth-order valence-corrected chi connectivity index (χ4v) is 2.74. The van der Waals surface area contributed by atoms with E-state index >= 15 is 0 Å². The summed E-state index contributed by atoms with van der Waals surface area (Å²) in [5.74, 6) is 0.828. The molecule has 0 saturated carbocycles. The second-order valence-corrected chi connectivity index (χ2v) is 8.73. The van der Waals surface area contributed by atoms with E-state index < -0.39 is 9.84 Å². The Kier molecular flexibility index (Phi) is 7.15. The van der Waals surface area contributed by atoms with Crippen LogP contribution in [-0.4, -0.2) is 32.5 Å². The van der Waals surface area contributed by atoms with Crippen LogP contribution in [0.15, 0.2) is 12.7 Å². The Morgan fingerprint density at radius 2 is 1.83 bits per heavy atom. The molecule has 1 atom stereocenters. The molecule has 4 heteroatoms. The van der Waals surface area contributed by atoms with Crippen LogP contribution in [-0.2, 0) is 9.84 Å². The van der Waals surface area contributed by atoms with Crippen molar-refractivity contribution in [2.45, 2.75) is 46.3 Å². The van der Waals surface area contributed by atoms with Gasteiger partial charge in [-0.2, -0.15) is 0 Å². The van der Waals surface area contributed by atoms with Crippen LogP contribution < -0.4 is 5.32 Å². The van der Waals surface area contributed by atoms with Crippen LogP contribution in [0.3, 0.4) is 0 Å². The topological polar surface area (TPSA) is 46.2 Å². The third-order valence-corrected chi connectivity index (χ3v) is 5.46. The summed E-state index contributed by atoms with van der Waals surface area (Å²) in [5, 5.41) is 3.08. The molecular formula is C14H29NO2S. The lowest BCUT2D eigenvalue weighted by Gasteiger charge is -2.27. The molecule has 0 saturated heterocycles. The summed E-state index contributed by atoms with van der Waals surface area (Å²) in [4.78, 5) is 0. The number of hydrogen-bond acceptors (Lipinski definition) is 3. The first-order valence-corrected chi connectivity index (χ1v) is 8.40. The van der Waals surface area contributed by atoms with E-state index in [0.717, 1.165) is 13.1 Å². The Labute approximate surface area is 113 Å². The average molecular weight is 275 g/mol. The number of rotatable bonds is 9. The molecule has 18 heavy (non-hydrogen) atoms. The largest absolute Gasteiger partial charge is 0.316 e. The van der Waals surface area contributed by atoms with Crippen LogP contribution in [0.5, 0.6) is 0 Å². The first-order valence-electron chi connectivity index (χ1n) is 6.69. The van der Waals surface area contributed by atoms with E-state index in [1.54, 1.807) is 13.8 Å². The van der Waals surface area contributed by atoms with Gasteiger partial charge in [-0.25, -0.2) is 8.42 Å². The third kappa shape index (κ3) is 6.55. The van der Waals surface area contributed by atoms with E-state index in [0.29, 0.717) is 12.3 Å². The molecule has 0 aromatic rings. The number of sulfone groups is 1. The summed E-state index contributed by atoms with van der Waals surface area (Å²) in [5.41, 5.74) is -0.156. The summed E-state index contributed by atoms with van der Waals surface area (Å²) in [6, 6.07) is 0. The summed E-state index contributed by atoms with van der Waals surface area (Å²) in [7, 11) is -2.96. The monoisotopic (exact) mass is 275 g/mol. The highest BCUT2D eigenvalue weighted by molar-refractivity contribution is 7.91. The van der Waals surface area contributed by atoms with E-state index in [4.69, 9.17) is 0 Å². The highest BCUT2D eigenvalue weighted by Crippen LogP contribution is 2.23. The summed E-state index contributed by atoms with van der Waals surface area (Å²) in [6.45, 7) is 15.4. The van der Waals surface area contributed by atoms with Gasteiger partial charge < -0.3 is 5.32 Å². The zero-order chi connectivity index (χ0) is 14.4. The molecule has 0 aliphatic heterocycles. The first-order chi connectivity index (χ1) is 8.13. The molecule has 0 aromatic carbocycles. The normalized spacial score (nSPS) is 15.9. The minimum absolute atomic E-state index is 0.156. The molecule has 1 unspecified atom stereocenters. The zero-order valence-electron chi connectivity index (χ0n) is 12.5. The van der Waals surface area contributed by atoms with Crippen molar-refractivity contribution < 1.29 is 8.42 Å². The quantitative estimate of drug-likeness (QED) is 0.658. The van der Waals surface area contributed by atoms with Gasteiger partial charge in [0.1, 0.15) is 0 Å². The Morgan fingerprint density at radius 3 is 2.22 bits per heavy atom. The van der Waals surface area contributed by atoms with Gasteiger partial charge >= 0.3 is 0 Å². The van der Waals surface area contributed by atoms with E-state index in [1.807, 2.05) is 6.08 Å². The minimum Gasteiger partial charge on any atom is -0.316 e. The lowest BCUT2D eigenvalue weighted by atomic mass is 9.87. The smallest absolute Gasteiger partial charge is 0.152 e. The third-order valence-electron chi connectivity index (χ3n) is 3.25. The maximum atomic E-state index is 11.8. The second kappa shape index (κ2) is 7.29. The van der Waals surface area contributed by atoms with Gasteiger partial charge in [0.2, 0.25) is 0 Å². The first kappa shape index (κ1) is 17.6. The van der Waals surface area contributed by atoms with Gasteiger partial charge in [-0.15, -0.1) is 6.58 Å². The Bertz CT molecular complexity index is 347. The Morgan fingerprint density at radius 1 is 1.28 bits per heavy atom. The van der Waals surface area contributed by atoms with Crippen molar-refractivity contribution in [2.24, 2.45) is 11.3 Å². The zero-order valence-corrected chi connectivity index (χ0v) is 13.3. The molecule has 108 valence electrons. The summed E-state index contributed by atoms with van der Waals surface area (Å²) >= 11 is 0. The van der Waals surface area contributed by atoms with E-state index in [9.17, 15) is 8.42 Å². The molecule has 1 N–H and O–H groups in total. The number of nitrogens with one attached hydrogen (secondary N) is 1. The van der Waals surface area contributed by atoms with Crippen molar-refractivity contribution in [3.63, 3.8) is 0 Å². The fourth-order valence-electron chi connectivity index (χ4n) is 1.52. The highest BCUT2D eigenvalue weighted by Gasteiger charge is 2.25. The van der Waals surface area contributed by atoms with Crippen molar-refractivity contribution in [1.82, 2.24) is 5.32 Å². The van der Waals surface area contributed by atoms with Gasteiger partial charge in [0.15, 0.2) is 9.84 Å². The van der Waals surface area contributed by atoms with Gasteiger partial charge in [-0.1, -0.05) is 26.8 Å². The molecule has 0 aromatic heterocycles. The number of hydrogen-bond donors (Lipinski definition) is 1. The van der Waals surface area contributed by atoms with Crippen LogP contribution in [0.4, 0.5) is 0 Å². The summed E-state index contributed by atoms with van der Waals surface area (Å²) < 4.78 is 23.6. The van der Waals surface area contributed by atoms with Gasteiger partial charge in [0.25, 0.3) is 0 Å². The van der Waals surface area contributed by atoms with E-state index in [2.05, 4.69) is 32.7 Å². The predicted molar refractivity (Wildman–Crippen MR) is 79.6 cm³/mol. The summed E-state index contributed by atoms with van der Waals surface area (Å²) in [6.07, 6.45) is 2.50. The molecule has 0 rings (SSSR count). The lowest BCUT2D eigenvalue weighted by molar-refractivity contribution is 0.368.